The molecule has 6 N–H and O–H groups in total. The van der Waals surface area contributed by atoms with Crippen LogP contribution in [-0.4, -0.2) is 62.3 Å². The Morgan fingerprint density at radius 3 is 2.61 bits per heavy atom. The highest BCUT2D eigenvalue weighted by Gasteiger charge is 2.26. The van der Waals surface area contributed by atoms with E-state index in [1.165, 1.54) is 17.2 Å². The molecule has 0 spiro atoms. The van der Waals surface area contributed by atoms with E-state index in [1.807, 2.05) is 30.3 Å². The zero-order chi connectivity index (χ0) is 25.5. The molecule has 2 aromatic heterocycles. The summed E-state index contributed by atoms with van der Waals surface area (Å²) in [6.45, 7) is 2.13. The molecule has 36 heavy (non-hydrogen) atoms. The number of aromatic nitrogens is 4. The molecule has 190 valence electrons. The minimum atomic E-state index is -1.10. The molecule has 0 saturated carbocycles. The Bertz CT molecular complexity index is 1220. The van der Waals surface area contributed by atoms with Crippen molar-refractivity contribution in [1.29, 1.82) is 0 Å². The van der Waals surface area contributed by atoms with E-state index < -0.39 is 18.2 Å². The van der Waals surface area contributed by atoms with E-state index in [1.54, 1.807) is 0 Å². The zero-order valence-electron chi connectivity index (χ0n) is 19.7. The van der Waals surface area contributed by atoms with Gasteiger partial charge in [-0.2, -0.15) is 0 Å². The molecule has 1 aromatic carbocycles. The first-order valence-corrected chi connectivity index (χ1v) is 11.6. The number of rotatable bonds is 9. The highest BCUT2D eigenvalue weighted by Crippen LogP contribution is 2.28. The molecule has 1 unspecified atom stereocenters. The SMILES string of the molecule is NC(N)=NCC1CCN(c2ncnc3c2ncn3C(CC(=O)O)NC(=O)OCc2ccccc2)CC1. The van der Waals surface area contributed by atoms with Gasteiger partial charge in [0.15, 0.2) is 22.9 Å². The van der Waals surface area contributed by atoms with Crippen molar-refractivity contribution >= 4 is 35.0 Å². The number of piperidine rings is 1. The van der Waals surface area contributed by atoms with Gasteiger partial charge in [0.2, 0.25) is 0 Å². The Morgan fingerprint density at radius 1 is 1.17 bits per heavy atom. The molecule has 1 fully saturated rings. The van der Waals surface area contributed by atoms with Gasteiger partial charge >= 0.3 is 12.1 Å². The molecule has 1 amide bonds. The monoisotopic (exact) mass is 495 g/mol. The Balaban J connectivity index is 1.48. The molecule has 13 heteroatoms. The van der Waals surface area contributed by atoms with Crippen LogP contribution in [-0.2, 0) is 16.1 Å². The van der Waals surface area contributed by atoms with Crippen LogP contribution in [0.1, 0.15) is 31.0 Å². The minimum absolute atomic E-state index is 0.0581. The number of nitrogens with one attached hydrogen (secondary N) is 1. The van der Waals surface area contributed by atoms with Gasteiger partial charge in [-0.05, 0) is 24.3 Å². The number of nitrogens with two attached hydrogens (primary N) is 2. The van der Waals surface area contributed by atoms with Gasteiger partial charge in [-0.25, -0.2) is 19.7 Å². The van der Waals surface area contributed by atoms with Crippen LogP contribution in [0.4, 0.5) is 10.6 Å². The second-order valence-electron chi connectivity index (χ2n) is 8.54. The van der Waals surface area contributed by atoms with Crippen molar-refractivity contribution in [3.63, 3.8) is 0 Å². The van der Waals surface area contributed by atoms with Gasteiger partial charge in [-0.3, -0.25) is 14.4 Å². The number of hydrogen-bond acceptors (Lipinski definition) is 8. The third kappa shape index (κ3) is 6.17. The second kappa shape index (κ2) is 11.3. The van der Waals surface area contributed by atoms with E-state index in [2.05, 4.69) is 30.2 Å². The number of fused-ring (bicyclic) bond motifs is 1. The summed E-state index contributed by atoms with van der Waals surface area (Å²) in [6, 6.07) is 9.19. The van der Waals surface area contributed by atoms with Crippen LogP contribution >= 0.6 is 0 Å². The van der Waals surface area contributed by atoms with Crippen molar-refractivity contribution in [1.82, 2.24) is 24.8 Å². The number of anilines is 1. The zero-order valence-corrected chi connectivity index (χ0v) is 19.7. The summed E-state index contributed by atoms with van der Waals surface area (Å²) < 4.78 is 6.79. The number of nitrogens with zero attached hydrogens (tertiary/aromatic N) is 6. The third-order valence-electron chi connectivity index (χ3n) is 5.99. The molecule has 3 heterocycles. The molecule has 0 aliphatic carbocycles. The Labute approximate surface area is 207 Å². The Morgan fingerprint density at radius 2 is 1.92 bits per heavy atom. The van der Waals surface area contributed by atoms with Crippen LogP contribution in [0, 0.1) is 5.92 Å². The molecular formula is C23H29N9O4. The molecule has 1 atom stereocenters. The number of carbonyl (C=O) groups excluding carboxylic acids is 1. The van der Waals surface area contributed by atoms with Crippen molar-refractivity contribution in [2.24, 2.45) is 22.4 Å². The predicted octanol–water partition coefficient (Wildman–Crippen LogP) is 1.22. The molecule has 1 saturated heterocycles. The van der Waals surface area contributed by atoms with Crippen molar-refractivity contribution in [3.8, 4) is 0 Å². The number of guanidine groups is 1. The summed E-state index contributed by atoms with van der Waals surface area (Å²) in [6.07, 6.45) is 2.56. The van der Waals surface area contributed by atoms with E-state index >= 15 is 0 Å². The molecule has 0 radical (unpaired) electrons. The Hall–Kier alpha value is -4.42. The number of ether oxygens (including phenoxy) is 1. The number of amides is 1. The van der Waals surface area contributed by atoms with Gasteiger partial charge in [0.25, 0.3) is 0 Å². The third-order valence-corrected chi connectivity index (χ3v) is 5.99. The number of imidazole rings is 1. The molecule has 1 aliphatic heterocycles. The standard InChI is InChI=1S/C23H29N9O4/c24-22(25)26-11-15-6-8-31(9-7-15)20-19-21(28-13-27-20)32(14-29-19)17(10-18(33)34)30-23(35)36-12-16-4-2-1-3-5-16/h1-5,13-15,17H,6-12H2,(H,30,35)(H,33,34)(H4,24,25,26). The second-order valence-corrected chi connectivity index (χ2v) is 8.54. The number of carboxylic acid groups (broad SMARTS) is 1. The molecule has 1 aliphatic rings. The fraction of sp³-hybridized carbons (Fsp3) is 0.391. The van der Waals surface area contributed by atoms with Crippen LogP contribution in [0.15, 0.2) is 48.0 Å². The number of benzene rings is 1. The highest BCUT2D eigenvalue weighted by molar-refractivity contribution is 5.84. The first-order chi connectivity index (χ1) is 17.4. The van der Waals surface area contributed by atoms with Gasteiger partial charge in [-0.15, -0.1) is 0 Å². The maximum absolute atomic E-state index is 12.5. The highest BCUT2D eigenvalue weighted by atomic mass is 16.5. The summed E-state index contributed by atoms with van der Waals surface area (Å²) >= 11 is 0. The topological polar surface area (TPSA) is 187 Å². The van der Waals surface area contributed by atoms with Crippen molar-refractivity contribution in [3.05, 3.63) is 48.5 Å². The van der Waals surface area contributed by atoms with Crippen molar-refractivity contribution in [2.45, 2.75) is 32.0 Å². The van der Waals surface area contributed by atoms with E-state index in [0.29, 0.717) is 29.4 Å². The molecule has 3 aromatic rings. The average molecular weight is 496 g/mol. The average Bonchev–Trinajstić information content (AvgIpc) is 3.31. The van der Waals surface area contributed by atoms with Crippen molar-refractivity contribution in [2.75, 3.05) is 24.5 Å². The number of carboxylic acids is 1. The molecule has 4 rings (SSSR count). The number of carbonyl (C=O) groups is 2. The number of aliphatic imine (C=N–C) groups is 1. The minimum Gasteiger partial charge on any atom is -0.481 e. The maximum Gasteiger partial charge on any atom is 0.409 e. The quantitative estimate of drug-likeness (QED) is 0.248. The van der Waals surface area contributed by atoms with E-state index in [-0.39, 0.29) is 19.0 Å². The van der Waals surface area contributed by atoms with Gasteiger partial charge in [0, 0.05) is 19.6 Å². The maximum atomic E-state index is 12.5. The van der Waals surface area contributed by atoms with Gasteiger partial charge < -0.3 is 31.5 Å². The molecular weight excluding hydrogens is 466 g/mol. The van der Waals surface area contributed by atoms with E-state index in [4.69, 9.17) is 16.2 Å². The van der Waals surface area contributed by atoms with Crippen LogP contribution in [0.2, 0.25) is 0 Å². The smallest absolute Gasteiger partial charge is 0.409 e. The number of aliphatic carboxylic acids is 1. The largest absolute Gasteiger partial charge is 0.481 e. The summed E-state index contributed by atoms with van der Waals surface area (Å²) in [5, 5.41) is 12.1. The lowest BCUT2D eigenvalue weighted by Crippen LogP contribution is -2.36. The number of alkyl carbamates (subject to hydrolysis) is 1. The lowest BCUT2D eigenvalue weighted by atomic mass is 9.97. The van der Waals surface area contributed by atoms with E-state index in [9.17, 15) is 14.7 Å². The fourth-order valence-corrected chi connectivity index (χ4v) is 4.15. The Kier molecular flexibility index (Phi) is 7.78. The van der Waals surface area contributed by atoms with Gasteiger partial charge in [0.1, 0.15) is 19.1 Å². The first kappa shape index (κ1) is 24.7. The van der Waals surface area contributed by atoms with Crippen LogP contribution < -0.4 is 21.7 Å². The van der Waals surface area contributed by atoms with Crippen molar-refractivity contribution < 1.29 is 19.4 Å². The number of hydrogen-bond donors (Lipinski definition) is 4. The van der Waals surface area contributed by atoms with Gasteiger partial charge in [0.05, 0.1) is 12.7 Å². The summed E-state index contributed by atoms with van der Waals surface area (Å²) in [5.74, 6) is 0.0281. The van der Waals surface area contributed by atoms with Crippen LogP contribution in [0.3, 0.4) is 0 Å². The van der Waals surface area contributed by atoms with Gasteiger partial charge in [-0.1, -0.05) is 30.3 Å². The summed E-state index contributed by atoms with van der Waals surface area (Å²) in [4.78, 5) is 43.4. The predicted molar refractivity (Wildman–Crippen MR) is 132 cm³/mol. The lowest BCUT2D eigenvalue weighted by Gasteiger charge is -2.32. The summed E-state index contributed by atoms with van der Waals surface area (Å²) in [5.41, 5.74) is 12.6. The van der Waals surface area contributed by atoms with E-state index in [0.717, 1.165) is 31.5 Å². The lowest BCUT2D eigenvalue weighted by molar-refractivity contribution is -0.138. The molecule has 13 nitrogen and oxygen atoms in total. The molecule has 0 bridgehead atoms. The normalized spacial score (nSPS) is 14.8. The fourth-order valence-electron chi connectivity index (χ4n) is 4.15. The first-order valence-electron chi connectivity index (χ1n) is 11.6. The van der Waals surface area contributed by atoms with Crippen LogP contribution in [0.5, 0.6) is 0 Å². The summed E-state index contributed by atoms with van der Waals surface area (Å²) in [7, 11) is 0. The van der Waals surface area contributed by atoms with Crippen LogP contribution in [0.25, 0.3) is 11.2 Å².